The topological polar surface area (TPSA) is 21.3 Å². The fourth-order valence-corrected chi connectivity index (χ4v) is 2.24. The summed E-state index contributed by atoms with van der Waals surface area (Å²) in [6, 6.07) is 8.39. The van der Waals surface area contributed by atoms with Crippen molar-refractivity contribution < 1.29 is 4.74 Å². The van der Waals surface area contributed by atoms with Crippen LogP contribution in [-0.2, 0) is 4.74 Å². The van der Waals surface area contributed by atoms with Crippen LogP contribution in [0.3, 0.4) is 0 Å². The maximum Gasteiger partial charge on any atom is 0.0949 e. The van der Waals surface area contributed by atoms with Gasteiger partial charge in [0.1, 0.15) is 0 Å². The molecule has 0 spiro atoms. The van der Waals surface area contributed by atoms with Gasteiger partial charge in [-0.05, 0) is 50.8 Å². The lowest BCUT2D eigenvalue weighted by molar-refractivity contribution is 0.0417. The SMILES string of the molecule is CC(C)CCOC(CNC(C)(C)C)c1cccc(Br)c1. The van der Waals surface area contributed by atoms with E-state index < -0.39 is 0 Å². The quantitative estimate of drug-likeness (QED) is 0.758. The van der Waals surface area contributed by atoms with E-state index in [-0.39, 0.29) is 11.6 Å². The highest BCUT2D eigenvalue weighted by Gasteiger charge is 2.16. The normalized spacial score (nSPS) is 13.8. The van der Waals surface area contributed by atoms with Gasteiger partial charge in [-0.15, -0.1) is 0 Å². The monoisotopic (exact) mass is 341 g/mol. The number of nitrogens with one attached hydrogen (secondary N) is 1. The third-order valence-corrected chi connectivity index (χ3v) is 3.55. The molecule has 0 aliphatic heterocycles. The summed E-state index contributed by atoms with van der Waals surface area (Å²) in [5.74, 6) is 0.675. The van der Waals surface area contributed by atoms with Gasteiger partial charge < -0.3 is 10.1 Å². The number of ether oxygens (including phenoxy) is 1. The Kier molecular flexibility index (Phi) is 7.21. The second kappa shape index (κ2) is 8.16. The van der Waals surface area contributed by atoms with Crippen molar-refractivity contribution in [3.8, 4) is 0 Å². The molecule has 0 saturated carbocycles. The minimum atomic E-state index is 0.102. The molecule has 1 aromatic rings. The first-order valence-corrected chi connectivity index (χ1v) is 8.19. The lowest BCUT2D eigenvalue weighted by atomic mass is 10.1. The molecule has 0 aliphatic carbocycles. The average molecular weight is 342 g/mol. The first-order chi connectivity index (χ1) is 9.28. The number of benzene rings is 1. The third kappa shape index (κ3) is 7.41. The molecule has 1 aromatic carbocycles. The van der Waals surface area contributed by atoms with Crippen LogP contribution in [0.4, 0.5) is 0 Å². The van der Waals surface area contributed by atoms with Gasteiger partial charge in [0.25, 0.3) is 0 Å². The van der Waals surface area contributed by atoms with E-state index >= 15 is 0 Å². The minimum absolute atomic E-state index is 0.102. The molecule has 1 rings (SSSR count). The standard InChI is InChI=1S/C17H28BrNO/c1-13(2)9-10-20-16(12-19-17(3,4)5)14-7-6-8-15(18)11-14/h6-8,11,13,16,19H,9-10,12H2,1-5H3. The van der Waals surface area contributed by atoms with Crippen LogP contribution in [0.2, 0.25) is 0 Å². The molecule has 114 valence electrons. The lowest BCUT2D eigenvalue weighted by Gasteiger charge is -2.26. The van der Waals surface area contributed by atoms with E-state index in [0.717, 1.165) is 24.0 Å². The lowest BCUT2D eigenvalue weighted by Crippen LogP contribution is -2.39. The van der Waals surface area contributed by atoms with E-state index in [0.29, 0.717) is 5.92 Å². The van der Waals surface area contributed by atoms with Gasteiger partial charge in [0.2, 0.25) is 0 Å². The van der Waals surface area contributed by atoms with E-state index in [4.69, 9.17) is 4.74 Å². The van der Waals surface area contributed by atoms with E-state index in [9.17, 15) is 0 Å². The van der Waals surface area contributed by atoms with Crippen LogP contribution in [0.1, 0.15) is 52.7 Å². The van der Waals surface area contributed by atoms with Crippen molar-refractivity contribution in [1.29, 1.82) is 0 Å². The summed E-state index contributed by atoms with van der Waals surface area (Å²) in [5, 5.41) is 3.54. The number of hydrogen-bond acceptors (Lipinski definition) is 2. The molecule has 1 N–H and O–H groups in total. The summed E-state index contributed by atoms with van der Waals surface area (Å²) >= 11 is 3.54. The van der Waals surface area contributed by atoms with E-state index in [2.05, 4.69) is 74.1 Å². The second-order valence-corrected chi connectivity index (χ2v) is 7.64. The Morgan fingerprint density at radius 1 is 1.25 bits per heavy atom. The van der Waals surface area contributed by atoms with Crippen LogP contribution in [0, 0.1) is 5.92 Å². The zero-order valence-corrected chi connectivity index (χ0v) is 15.0. The van der Waals surface area contributed by atoms with Gasteiger partial charge in [-0.25, -0.2) is 0 Å². The van der Waals surface area contributed by atoms with Gasteiger partial charge in [-0.2, -0.15) is 0 Å². The second-order valence-electron chi connectivity index (χ2n) is 6.73. The van der Waals surface area contributed by atoms with Crippen LogP contribution < -0.4 is 5.32 Å². The molecule has 0 heterocycles. The van der Waals surface area contributed by atoms with Gasteiger partial charge >= 0.3 is 0 Å². The van der Waals surface area contributed by atoms with Crippen LogP contribution in [0.5, 0.6) is 0 Å². The van der Waals surface area contributed by atoms with Crippen molar-refractivity contribution >= 4 is 15.9 Å². The van der Waals surface area contributed by atoms with Gasteiger partial charge in [0.05, 0.1) is 6.10 Å². The van der Waals surface area contributed by atoms with E-state index in [1.807, 2.05) is 6.07 Å². The maximum absolute atomic E-state index is 6.11. The van der Waals surface area contributed by atoms with Crippen molar-refractivity contribution in [3.63, 3.8) is 0 Å². The molecule has 0 bridgehead atoms. The van der Waals surface area contributed by atoms with Gasteiger partial charge in [-0.3, -0.25) is 0 Å². The van der Waals surface area contributed by atoms with E-state index in [1.165, 1.54) is 5.56 Å². The molecule has 0 fully saturated rings. The van der Waals surface area contributed by atoms with Crippen molar-refractivity contribution in [3.05, 3.63) is 34.3 Å². The Hall–Kier alpha value is -0.380. The van der Waals surface area contributed by atoms with Crippen molar-refractivity contribution in [2.24, 2.45) is 5.92 Å². The molecule has 3 heteroatoms. The molecule has 2 nitrogen and oxygen atoms in total. The molecular weight excluding hydrogens is 314 g/mol. The Balaban J connectivity index is 2.68. The first kappa shape index (κ1) is 17.7. The smallest absolute Gasteiger partial charge is 0.0949 e. The van der Waals surface area contributed by atoms with Crippen LogP contribution in [0.25, 0.3) is 0 Å². The molecule has 0 amide bonds. The number of rotatable bonds is 7. The highest BCUT2D eigenvalue weighted by atomic mass is 79.9. The van der Waals surface area contributed by atoms with Crippen molar-refractivity contribution in [2.45, 2.75) is 52.7 Å². The molecular formula is C17H28BrNO. The fraction of sp³-hybridized carbons (Fsp3) is 0.647. The summed E-state index contributed by atoms with van der Waals surface area (Å²) in [7, 11) is 0. The van der Waals surface area contributed by atoms with Gasteiger partial charge in [-0.1, -0.05) is 41.9 Å². The average Bonchev–Trinajstić information content (AvgIpc) is 2.31. The Labute approximate surface area is 132 Å². The summed E-state index contributed by atoms with van der Waals surface area (Å²) in [4.78, 5) is 0. The summed E-state index contributed by atoms with van der Waals surface area (Å²) in [5.41, 5.74) is 1.32. The van der Waals surface area contributed by atoms with Gasteiger partial charge in [0, 0.05) is 23.2 Å². The highest BCUT2D eigenvalue weighted by molar-refractivity contribution is 9.10. The summed E-state index contributed by atoms with van der Waals surface area (Å²) in [6.45, 7) is 12.6. The predicted molar refractivity (Wildman–Crippen MR) is 90.0 cm³/mol. The van der Waals surface area contributed by atoms with Crippen molar-refractivity contribution in [1.82, 2.24) is 5.32 Å². The highest BCUT2D eigenvalue weighted by Crippen LogP contribution is 2.22. The molecule has 0 radical (unpaired) electrons. The van der Waals surface area contributed by atoms with Crippen LogP contribution in [0.15, 0.2) is 28.7 Å². The Bertz CT molecular complexity index is 398. The zero-order valence-electron chi connectivity index (χ0n) is 13.4. The number of hydrogen-bond donors (Lipinski definition) is 1. The third-order valence-electron chi connectivity index (χ3n) is 3.05. The molecule has 0 saturated heterocycles. The molecule has 1 atom stereocenters. The Morgan fingerprint density at radius 2 is 1.95 bits per heavy atom. The number of halogens is 1. The fourth-order valence-electron chi connectivity index (χ4n) is 1.82. The van der Waals surface area contributed by atoms with Crippen molar-refractivity contribution in [2.75, 3.05) is 13.2 Å². The molecule has 0 aliphatic rings. The van der Waals surface area contributed by atoms with E-state index in [1.54, 1.807) is 0 Å². The van der Waals surface area contributed by atoms with Crippen LogP contribution in [-0.4, -0.2) is 18.7 Å². The zero-order chi connectivity index (χ0) is 15.2. The first-order valence-electron chi connectivity index (χ1n) is 7.40. The van der Waals surface area contributed by atoms with Gasteiger partial charge in [0.15, 0.2) is 0 Å². The van der Waals surface area contributed by atoms with Crippen LogP contribution >= 0.6 is 15.9 Å². The Morgan fingerprint density at radius 3 is 2.50 bits per heavy atom. The maximum atomic E-state index is 6.11. The molecule has 20 heavy (non-hydrogen) atoms. The summed E-state index contributed by atoms with van der Waals surface area (Å²) in [6.07, 6.45) is 1.20. The minimum Gasteiger partial charge on any atom is -0.372 e. The summed E-state index contributed by atoms with van der Waals surface area (Å²) < 4.78 is 7.21. The molecule has 0 aromatic heterocycles. The predicted octanol–water partition coefficient (Wildman–Crippen LogP) is 4.94. The molecule has 1 unspecified atom stereocenters. The largest absolute Gasteiger partial charge is 0.372 e.